The van der Waals surface area contributed by atoms with E-state index in [-0.39, 0.29) is 36.4 Å². The van der Waals surface area contributed by atoms with Crippen molar-refractivity contribution in [2.75, 3.05) is 61.0 Å². The van der Waals surface area contributed by atoms with Crippen LogP contribution in [-0.2, 0) is 28.5 Å². The average molecular weight is 663 g/mol. The SMILES string of the molecule is CO[C@]1(C)C[C@@H](C)CN(C)CCN(C(=O)c2cccnc2)CCCOC(=O)C(C)(C)C(=O)[C@H](C)[C@H]1O[C@@H]1O[C@H](C)C[C@H](N(C)C)[C@H]1O. The molecular formula is C35H58N4O8. The van der Waals surface area contributed by atoms with Crippen LogP contribution in [0.4, 0.5) is 0 Å². The van der Waals surface area contributed by atoms with Crippen LogP contribution in [-0.4, -0.2) is 140 Å². The molecule has 12 heteroatoms. The zero-order chi connectivity index (χ0) is 35.1. The topological polar surface area (TPSA) is 131 Å². The molecule has 1 aromatic heterocycles. The van der Waals surface area contributed by atoms with Crippen molar-refractivity contribution in [2.45, 2.75) is 97.0 Å². The van der Waals surface area contributed by atoms with Crippen molar-refractivity contribution < 1.29 is 38.4 Å². The molecule has 2 saturated heterocycles. The number of aliphatic hydroxyl groups is 1. The van der Waals surface area contributed by atoms with Gasteiger partial charge in [-0.25, -0.2) is 0 Å². The van der Waals surface area contributed by atoms with Crippen LogP contribution in [0.15, 0.2) is 24.5 Å². The van der Waals surface area contributed by atoms with Crippen LogP contribution in [0.5, 0.6) is 0 Å². The molecule has 0 saturated carbocycles. The van der Waals surface area contributed by atoms with E-state index in [1.165, 1.54) is 0 Å². The Bertz CT molecular complexity index is 1180. The second-order valence-corrected chi connectivity index (χ2v) is 14.5. The molecule has 2 aliphatic rings. The maximum atomic E-state index is 14.2. The third kappa shape index (κ3) is 9.79. The molecule has 0 aliphatic carbocycles. The van der Waals surface area contributed by atoms with Crippen molar-refractivity contribution in [1.29, 1.82) is 0 Å². The third-order valence-electron chi connectivity index (χ3n) is 9.75. The molecule has 8 atom stereocenters. The molecule has 266 valence electrons. The largest absolute Gasteiger partial charge is 0.465 e. The number of hydrogen-bond donors (Lipinski definition) is 1. The summed E-state index contributed by atoms with van der Waals surface area (Å²) in [5.41, 5.74) is -2.00. The first-order chi connectivity index (χ1) is 22.0. The van der Waals surface area contributed by atoms with Crippen molar-refractivity contribution in [3.63, 3.8) is 0 Å². The van der Waals surface area contributed by atoms with E-state index >= 15 is 0 Å². The fourth-order valence-electron chi connectivity index (χ4n) is 6.97. The highest BCUT2D eigenvalue weighted by Crippen LogP contribution is 2.38. The van der Waals surface area contributed by atoms with Gasteiger partial charge in [-0.15, -0.1) is 0 Å². The van der Waals surface area contributed by atoms with Crippen molar-refractivity contribution in [2.24, 2.45) is 17.3 Å². The smallest absolute Gasteiger partial charge is 0.319 e. The summed E-state index contributed by atoms with van der Waals surface area (Å²) in [6, 6.07) is 3.26. The average Bonchev–Trinajstić information content (AvgIpc) is 3.02. The van der Waals surface area contributed by atoms with Crippen LogP contribution < -0.4 is 0 Å². The van der Waals surface area contributed by atoms with Crippen molar-refractivity contribution in [1.82, 2.24) is 19.7 Å². The number of cyclic esters (lactones) is 1. The number of likely N-dealkylation sites (N-methyl/N-ethyl adjacent to an activating group) is 2. The zero-order valence-corrected chi connectivity index (χ0v) is 30.1. The maximum Gasteiger partial charge on any atom is 0.319 e. The molecule has 2 fully saturated rings. The molecule has 3 heterocycles. The Morgan fingerprint density at radius 2 is 1.83 bits per heavy atom. The highest BCUT2D eigenvalue weighted by molar-refractivity contribution is 6.04. The Kier molecular flexibility index (Phi) is 13.9. The van der Waals surface area contributed by atoms with E-state index in [2.05, 4.69) is 16.8 Å². The third-order valence-corrected chi connectivity index (χ3v) is 9.75. The van der Waals surface area contributed by atoms with Crippen LogP contribution in [0, 0.1) is 17.3 Å². The summed E-state index contributed by atoms with van der Waals surface area (Å²) < 4.78 is 24.6. The number of aromatic nitrogens is 1. The van der Waals surface area contributed by atoms with Gasteiger partial charge in [-0.2, -0.15) is 0 Å². The van der Waals surface area contributed by atoms with E-state index in [1.54, 1.807) is 57.3 Å². The summed E-state index contributed by atoms with van der Waals surface area (Å²) in [5, 5.41) is 11.3. The molecule has 0 radical (unpaired) electrons. The quantitative estimate of drug-likeness (QED) is 0.369. The summed E-state index contributed by atoms with van der Waals surface area (Å²) in [7, 11) is 7.42. The van der Waals surface area contributed by atoms with Gasteiger partial charge in [0.05, 0.1) is 30.0 Å². The number of ketones is 1. The zero-order valence-electron chi connectivity index (χ0n) is 30.1. The fraction of sp³-hybridized carbons (Fsp3) is 0.771. The van der Waals surface area contributed by atoms with Gasteiger partial charge in [-0.1, -0.05) is 13.8 Å². The van der Waals surface area contributed by atoms with Crippen LogP contribution in [0.25, 0.3) is 0 Å². The maximum absolute atomic E-state index is 14.2. The first-order valence-corrected chi connectivity index (χ1v) is 16.8. The molecule has 1 amide bonds. The summed E-state index contributed by atoms with van der Waals surface area (Å²) in [6.07, 6.45) is 1.70. The number of pyridine rings is 1. The minimum atomic E-state index is -1.49. The number of rotatable bonds is 5. The number of Topliss-reactive ketones (excluding diaryl/α,β-unsaturated/α-hetero) is 1. The van der Waals surface area contributed by atoms with Crippen molar-refractivity contribution >= 4 is 17.7 Å². The number of nitrogens with zero attached hydrogens (tertiary/aromatic N) is 4. The lowest BCUT2D eigenvalue weighted by atomic mass is 9.74. The Balaban J connectivity index is 1.95. The molecule has 1 aromatic rings. The van der Waals surface area contributed by atoms with Gasteiger partial charge in [0.15, 0.2) is 12.1 Å². The van der Waals surface area contributed by atoms with E-state index in [1.807, 2.05) is 39.9 Å². The standard InChI is InChI=1S/C35H58N4O8/c1-23-20-35(6,44-10)30(47-32-28(40)27(37(7)8)19-24(2)46-32)25(3)29(41)34(4,5)33(43)45-18-12-15-39(17-16-38(9)22-23)31(42)26-13-11-14-36-21-26/h11,13-14,21,23-25,27-28,30,32,40H,12,15-20,22H2,1-10H3/t23-,24-,25+,27+,28-,30-,32+,35-/m1/s1. The van der Waals surface area contributed by atoms with Gasteiger partial charge in [0, 0.05) is 57.6 Å². The molecule has 1 N–H and O–H groups in total. The molecular weight excluding hydrogens is 604 g/mol. The van der Waals surface area contributed by atoms with Crippen LogP contribution in [0.1, 0.15) is 71.2 Å². The molecule has 3 rings (SSSR count). The number of aliphatic hydroxyl groups excluding tert-OH is 1. The van der Waals surface area contributed by atoms with E-state index in [4.69, 9.17) is 18.9 Å². The molecule has 12 nitrogen and oxygen atoms in total. The van der Waals surface area contributed by atoms with Crippen molar-refractivity contribution in [3.8, 4) is 0 Å². The number of esters is 1. The first kappa shape index (κ1) is 39.0. The minimum absolute atomic E-state index is 0.0508. The monoisotopic (exact) mass is 662 g/mol. The van der Waals surface area contributed by atoms with Gasteiger partial charge in [0.1, 0.15) is 11.5 Å². The molecule has 47 heavy (non-hydrogen) atoms. The van der Waals surface area contributed by atoms with E-state index in [0.29, 0.717) is 51.0 Å². The van der Waals surface area contributed by atoms with Gasteiger partial charge >= 0.3 is 5.97 Å². The molecule has 2 aliphatic heterocycles. The summed E-state index contributed by atoms with van der Waals surface area (Å²) in [4.78, 5) is 51.0. The van der Waals surface area contributed by atoms with Gasteiger partial charge < -0.3 is 38.8 Å². The fourth-order valence-corrected chi connectivity index (χ4v) is 6.97. The highest BCUT2D eigenvalue weighted by Gasteiger charge is 2.51. The lowest BCUT2D eigenvalue weighted by Crippen LogP contribution is -2.59. The molecule has 0 bridgehead atoms. The Labute approximate surface area is 281 Å². The summed E-state index contributed by atoms with van der Waals surface area (Å²) in [6.45, 7) is 13.0. The van der Waals surface area contributed by atoms with Gasteiger partial charge in [-0.05, 0) is 86.2 Å². The van der Waals surface area contributed by atoms with Crippen LogP contribution in [0.2, 0.25) is 0 Å². The molecule has 0 unspecified atom stereocenters. The van der Waals surface area contributed by atoms with Crippen LogP contribution >= 0.6 is 0 Å². The normalized spacial score (nSPS) is 34.1. The number of carbonyl (C=O) groups excluding carboxylic acids is 3. The number of carbonyl (C=O) groups is 3. The first-order valence-electron chi connectivity index (χ1n) is 16.8. The number of amides is 1. The van der Waals surface area contributed by atoms with Gasteiger partial charge in [-0.3, -0.25) is 19.4 Å². The lowest BCUT2D eigenvalue weighted by Gasteiger charge is -2.47. The highest BCUT2D eigenvalue weighted by atomic mass is 16.7. The Hall–Kier alpha value is -2.48. The Morgan fingerprint density at radius 3 is 2.45 bits per heavy atom. The number of hydrogen-bond acceptors (Lipinski definition) is 11. The Morgan fingerprint density at radius 1 is 1.13 bits per heavy atom. The van der Waals surface area contributed by atoms with Crippen LogP contribution in [0.3, 0.4) is 0 Å². The lowest BCUT2D eigenvalue weighted by molar-refractivity contribution is -0.295. The minimum Gasteiger partial charge on any atom is -0.465 e. The number of ether oxygens (including phenoxy) is 4. The predicted molar refractivity (Wildman–Crippen MR) is 178 cm³/mol. The number of methoxy groups -OCH3 is 1. The van der Waals surface area contributed by atoms with E-state index < -0.39 is 41.4 Å². The van der Waals surface area contributed by atoms with Gasteiger partial charge in [0.2, 0.25) is 0 Å². The predicted octanol–water partition coefficient (Wildman–Crippen LogP) is 2.88. The molecule has 0 aromatic carbocycles. The van der Waals surface area contributed by atoms with E-state index in [0.717, 1.165) is 0 Å². The van der Waals surface area contributed by atoms with Crippen molar-refractivity contribution in [3.05, 3.63) is 30.1 Å². The van der Waals surface area contributed by atoms with Gasteiger partial charge in [0.25, 0.3) is 5.91 Å². The molecule has 0 spiro atoms. The summed E-state index contributed by atoms with van der Waals surface area (Å²) >= 11 is 0. The van der Waals surface area contributed by atoms with E-state index in [9.17, 15) is 19.5 Å². The second-order valence-electron chi connectivity index (χ2n) is 14.5. The second kappa shape index (κ2) is 16.8. The summed E-state index contributed by atoms with van der Waals surface area (Å²) in [5.74, 6) is -1.88.